The van der Waals surface area contributed by atoms with E-state index in [1.54, 1.807) is 0 Å². The van der Waals surface area contributed by atoms with Gasteiger partial charge in [0.1, 0.15) is 0 Å². The number of hydrogen-bond donors (Lipinski definition) is 4. The van der Waals surface area contributed by atoms with Gasteiger partial charge in [0.2, 0.25) is 0 Å². The summed E-state index contributed by atoms with van der Waals surface area (Å²) in [7, 11) is 0. The number of carboxylic acid groups (broad SMARTS) is 3. The van der Waals surface area contributed by atoms with Gasteiger partial charge in [-0.25, -0.2) is 0 Å². The van der Waals surface area contributed by atoms with Gasteiger partial charge in [-0.2, -0.15) is 74.6 Å². The number of halogens is 17. The zero-order valence-electron chi connectivity index (χ0n) is 26.5. The molecule has 1 rings (SSSR count). The number of β-amino-alcohol motifs (C(OH)–C–C–N with tert-alkyl or cyclic N) is 1. The van der Waals surface area contributed by atoms with E-state index >= 15 is 0 Å². The van der Waals surface area contributed by atoms with E-state index in [-0.39, 0.29) is 26.2 Å². The van der Waals surface area contributed by atoms with E-state index in [2.05, 4.69) is 0 Å². The van der Waals surface area contributed by atoms with Crippen molar-refractivity contribution >= 4 is 17.9 Å². The molecule has 11 nitrogen and oxygen atoms in total. The minimum Gasteiger partial charge on any atom is -0.480 e. The van der Waals surface area contributed by atoms with Gasteiger partial charge in [-0.1, -0.05) is 0 Å². The van der Waals surface area contributed by atoms with Crippen molar-refractivity contribution in [3.63, 3.8) is 0 Å². The highest BCUT2D eigenvalue weighted by atomic mass is 19.4. The van der Waals surface area contributed by atoms with Crippen LogP contribution in [0.25, 0.3) is 0 Å². The lowest BCUT2D eigenvalue weighted by atomic mass is 9.87. The number of hydrogen-bond acceptors (Lipinski definition) is 8. The van der Waals surface area contributed by atoms with Crippen molar-refractivity contribution in [2.75, 3.05) is 78.5 Å². The quantitative estimate of drug-likeness (QED) is 0.171. The number of nitrogens with zero attached hydrogens (tertiary/aromatic N) is 4. The first kappa shape index (κ1) is 48.0. The topological polar surface area (TPSA) is 145 Å². The van der Waals surface area contributed by atoms with Crippen LogP contribution in [0.4, 0.5) is 74.6 Å². The monoisotopic (exact) mass is 822 g/mol. The van der Waals surface area contributed by atoms with Crippen molar-refractivity contribution < 1.29 is 109 Å². The molecule has 1 unspecified atom stereocenters. The van der Waals surface area contributed by atoms with Gasteiger partial charge in [0.05, 0.1) is 25.7 Å². The van der Waals surface area contributed by atoms with E-state index in [4.69, 9.17) is 5.11 Å². The van der Waals surface area contributed by atoms with Crippen LogP contribution in [-0.4, -0.2) is 190 Å². The van der Waals surface area contributed by atoms with Gasteiger partial charge in [-0.3, -0.25) is 34.0 Å². The van der Waals surface area contributed by atoms with Gasteiger partial charge >= 0.3 is 65.5 Å². The third kappa shape index (κ3) is 10.6. The lowest BCUT2D eigenvalue weighted by Crippen LogP contribution is -2.74. The first-order chi connectivity index (χ1) is 23.6. The van der Waals surface area contributed by atoms with Gasteiger partial charge in [-0.15, -0.1) is 0 Å². The highest BCUT2D eigenvalue weighted by Gasteiger charge is 2.95. The molecular formula is C25H31F17N4O7. The largest absolute Gasteiger partial charge is 0.480 e. The van der Waals surface area contributed by atoms with Crippen molar-refractivity contribution in [1.82, 2.24) is 19.6 Å². The van der Waals surface area contributed by atoms with Crippen LogP contribution in [0.5, 0.6) is 0 Å². The molecule has 0 aromatic rings. The summed E-state index contributed by atoms with van der Waals surface area (Å²) in [4.78, 5) is 38.2. The maximum atomic E-state index is 14.5. The Hall–Kier alpha value is -2.98. The molecule has 312 valence electrons. The van der Waals surface area contributed by atoms with Crippen molar-refractivity contribution in [2.24, 2.45) is 0 Å². The number of aliphatic carboxylic acids is 3. The standard InChI is InChI=1S/C25H31F17N4O7/c26-18(27,19(28,29)20(30,31)21(32,33)22(34,35)23(36,37)24(38,39)25(40,41)42)9-14(47)10-43-1-3-44(11-15(48)49)5-7-46(13-17(52)53)8-6-45(4-2-43)12-16(50)51/h14,47H,1-13H2,(H,48,49)(H,50,51)(H,52,53). The van der Waals surface area contributed by atoms with E-state index in [9.17, 15) is 104 Å². The fourth-order valence-electron chi connectivity index (χ4n) is 4.79. The molecule has 0 aromatic carbocycles. The summed E-state index contributed by atoms with van der Waals surface area (Å²) in [5, 5.41) is 37.6. The summed E-state index contributed by atoms with van der Waals surface area (Å²) in [6.07, 6.45) is -14.1. The lowest BCUT2D eigenvalue weighted by Gasteiger charge is -2.43. The Labute approximate surface area is 286 Å². The van der Waals surface area contributed by atoms with Gasteiger partial charge in [0.15, 0.2) is 0 Å². The molecule has 1 heterocycles. The second-order valence-corrected chi connectivity index (χ2v) is 11.8. The summed E-state index contributed by atoms with van der Waals surface area (Å²) in [5.41, 5.74) is 0. The Morgan fingerprint density at radius 3 is 0.943 bits per heavy atom. The normalized spacial score (nSPS) is 19.4. The Morgan fingerprint density at radius 1 is 0.434 bits per heavy atom. The second-order valence-electron chi connectivity index (χ2n) is 11.8. The third-order valence-corrected chi connectivity index (χ3v) is 7.75. The summed E-state index contributed by atoms with van der Waals surface area (Å²) in [5.74, 6) is -62.1. The third-order valence-electron chi connectivity index (χ3n) is 7.75. The molecule has 0 aromatic heterocycles. The predicted molar refractivity (Wildman–Crippen MR) is 140 cm³/mol. The van der Waals surface area contributed by atoms with Crippen LogP contribution in [0.15, 0.2) is 0 Å². The van der Waals surface area contributed by atoms with Gasteiger partial charge in [0.25, 0.3) is 0 Å². The number of aliphatic hydroxyl groups is 1. The number of carbonyl (C=O) groups is 3. The zero-order valence-corrected chi connectivity index (χ0v) is 26.5. The van der Waals surface area contributed by atoms with Gasteiger partial charge < -0.3 is 20.4 Å². The number of alkyl halides is 17. The van der Waals surface area contributed by atoms with E-state index in [1.807, 2.05) is 0 Å². The first-order valence-corrected chi connectivity index (χ1v) is 14.5. The number of carboxylic acids is 3. The molecule has 1 aliphatic heterocycles. The van der Waals surface area contributed by atoms with Crippen molar-refractivity contribution in [3.8, 4) is 0 Å². The van der Waals surface area contributed by atoms with Crippen LogP contribution < -0.4 is 0 Å². The van der Waals surface area contributed by atoms with E-state index in [0.29, 0.717) is 0 Å². The number of aliphatic hydroxyl groups excluding tert-OH is 1. The molecule has 0 spiro atoms. The predicted octanol–water partition coefficient (Wildman–Crippen LogP) is 3.22. The Bertz CT molecular complexity index is 1240. The van der Waals surface area contributed by atoms with Crippen molar-refractivity contribution in [1.29, 1.82) is 0 Å². The lowest BCUT2D eigenvalue weighted by molar-refractivity contribution is -0.462. The zero-order chi connectivity index (χ0) is 41.8. The molecule has 1 saturated heterocycles. The van der Waals surface area contributed by atoms with Crippen LogP contribution in [0.3, 0.4) is 0 Å². The van der Waals surface area contributed by atoms with Crippen molar-refractivity contribution in [3.05, 3.63) is 0 Å². The summed E-state index contributed by atoms with van der Waals surface area (Å²) in [6.45, 7) is -6.28. The minimum atomic E-state index is -8.80. The van der Waals surface area contributed by atoms with E-state index < -0.39 is 130 Å². The van der Waals surface area contributed by atoms with Crippen molar-refractivity contribution in [2.45, 2.75) is 60.2 Å². The molecule has 0 aliphatic carbocycles. The van der Waals surface area contributed by atoms with E-state index in [1.165, 1.54) is 4.90 Å². The fourth-order valence-corrected chi connectivity index (χ4v) is 4.79. The molecule has 28 heteroatoms. The smallest absolute Gasteiger partial charge is 0.460 e. The van der Waals surface area contributed by atoms with Crippen LogP contribution in [0, 0.1) is 0 Å². The molecule has 1 atom stereocenters. The van der Waals surface area contributed by atoms with E-state index in [0.717, 1.165) is 14.7 Å². The Morgan fingerprint density at radius 2 is 0.679 bits per heavy atom. The average Bonchev–Trinajstić information content (AvgIpc) is 2.96. The maximum absolute atomic E-state index is 14.5. The fraction of sp³-hybridized carbons (Fsp3) is 0.880. The molecular weight excluding hydrogens is 791 g/mol. The highest BCUT2D eigenvalue weighted by Crippen LogP contribution is 2.64. The summed E-state index contributed by atoms with van der Waals surface area (Å²) >= 11 is 0. The molecule has 0 amide bonds. The Kier molecular flexibility index (Phi) is 15.2. The minimum absolute atomic E-state index is 0.165. The highest BCUT2D eigenvalue weighted by molar-refractivity contribution is 5.69. The Balaban J connectivity index is 3.41. The molecule has 4 N–H and O–H groups in total. The van der Waals surface area contributed by atoms with Crippen LogP contribution in [0.1, 0.15) is 6.42 Å². The average molecular weight is 823 g/mol. The van der Waals surface area contributed by atoms with Gasteiger partial charge in [-0.05, 0) is 0 Å². The van der Waals surface area contributed by atoms with Crippen LogP contribution in [0.2, 0.25) is 0 Å². The summed E-state index contributed by atoms with van der Waals surface area (Å²) in [6, 6.07) is 0. The van der Waals surface area contributed by atoms with Gasteiger partial charge in [0, 0.05) is 65.3 Å². The second kappa shape index (κ2) is 16.8. The van der Waals surface area contributed by atoms with Crippen LogP contribution >= 0.6 is 0 Å². The summed E-state index contributed by atoms with van der Waals surface area (Å²) < 4.78 is 232. The molecule has 53 heavy (non-hydrogen) atoms. The molecule has 0 saturated carbocycles. The first-order valence-electron chi connectivity index (χ1n) is 14.5. The molecule has 1 aliphatic rings. The van der Waals surface area contributed by atoms with Crippen LogP contribution in [-0.2, 0) is 14.4 Å². The number of rotatable bonds is 16. The SMILES string of the molecule is O=C(O)CN1CCN(CC(=O)O)CCN(CC(O)CC(F)(F)C(F)(F)C(F)(F)C(F)(F)C(F)(F)C(F)(F)C(F)(F)C(F)(F)F)CCN(CC(=O)O)CC1. The molecule has 0 bridgehead atoms. The molecule has 1 fully saturated rings. The maximum Gasteiger partial charge on any atom is 0.460 e. The molecule has 0 radical (unpaired) electrons.